The minimum absolute atomic E-state index is 0.0661. The van der Waals surface area contributed by atoms with Gasteiger partial charge >= 0.3 is 0 Å². The van der Waals surface area contributed by atoms with Crippen LogP contribution in [0.3, 0.4) is 0 Å². The van der Waals surface area contributed by atoms with Crippen LogP contribution in [0.4, 0.5) is 0 Å². The summed E-state index contributed by atoms with van der Waals surface area (Å²) in [5.74, 6) is 1.30. The summed E-state index contributed by atoms with van der Waals surface area (Å²) in [6.45, 7) is -0.0661. The highest BCUT2D eigenvalue weighted by Gasteiger charge is 2.17. The van der Waals surface area contributed by atoms with Crippen molar-refractivity contribution in [1.82, 2.24) is 14.9 Å². The molecule has 0 spiro atoms. The van der Waals surface area contributed by atoms with Gasteiger partial charge in [0.2, 0.25) is 11.7 Å². The van der Waals surface area contributed by atoms with E-state index in [2.05, 4.69) is 14.9 Å². The Bertz CT molecular complexity index is 871. The molecule has 0 saturated carbocycles. The van der Waals surface area contributed by atoms with Gasteiger partial charge in [-0.15, -0.1) is 11.3 Å². The molecule has 0 atom stereocenters. The Labute approximate surface area is 137 Å². The summed E-state index contributed by atoms with van der Waals surface area (Å²) in [5.41, 5.74) is 0.752. The van der Waals surface area contributed by atoms with E-state index in [1.54, 1.807) is 42.8 Å². The molecule has 2 aromatic heterocycles. The molecular formula is C14H13N3O4S2. The highest BCUT2D eigenvalue weighted by atomic mass is 32.2. The number of hydrogen-bond acceptors (Lipinski definition) is 7. The van der Waals surface area contributed by atoms with Gasteiger partial charge in [-0.25, -0.2) is 13.1 Å². The second-order valence-corrected chi connectivity index (χ2v) is 7.44. The summed E-state index contributed by atoms with van der Waals surface area (Å²) in [7, 11) is -1.97. The van der Waals surface area contributed by atoms with E-state index in [0.29, 0.717) is 5.82 Å². The molecule has 0 fully saturated rings. The highest BCUT2D eigenvalue weighted by molar-refractivity contribution is 7.91. The van der Waals surface area contributed by atoms with Crippen LogP contribution in [0.5, 0.6) is 5.75 Å². The molecule has 0 aliphatic rings. The summed E-state index contributed by atoms with van der Waals surface area (Å²) in [6.07, 6.45) is 0. The van der Waals surface area contributed by atoms with Gasteiger partial charge in [-0.1, -0.05) is 11.2 Å². The number of benzene rings is 1. The van der Waals surface area contributed by atoms with E-state index >= 15 is 0 Å². The molecule has 1 N–H and O–H groups in total. The zero-order chi connectivity index (χ0) is 16.3. The van der Waals surface area contributed by atoms with Gasteiger partial charge in [0.1, 0.15) is 9.96 Å². The molecule has 1 aromatic carbocycles. The quantitative estimate of drug-likeness (QED) is 0.732. The number of sulfonamides is 1. The Morgan fingerprint density at radius 3 is 2.70 bits per heavy atom. The van der Waals surface area contributed by atoms with Crippen LogP contribution in [0, 0.1) is 0 Å². The molecule has 7 nitrogen and oxygen atoms in total. The lowest BCUT2D eigenvalue weighted by atomic mass is 10.2. The fraction of sp³-hybridized carbons (Fsp3) is 0.143. The normalized spacial score (nSPS) is 11.5. The third-order valence-electron chi connectivity index (χ3n) is 2.99. The van der Waals surface area contributed by atoms with Crippen molar-refractivity contribution in [1.29, 1.82) is 0 Å². The van der Waals surface area contributed by atoms with Gasteiger partial charge in [0.15, 0.2) is 0 Å². The number of methoxy groups -OCH3 is 1. The number of hydrogen-bond donors (Lipinski definition) is 1. The van der Waals surface area contributed by atoms with Gasteiger partial charge < -0.3 is 9.26 Å². The van der Waals surface area contributed by atoms with Gasteiger partial charge in [0.25, 0.3) is 10.0 Å². The molecule has 3 aromatic rings. The van der Waals surface area contributed by atoms with Crippen molar-refractivity contribution in [2.75, 3.05) is 7.11 Å². The molecule has 0 radical (unpaired) electrons. The van der Waals surface area contributed by atoms with Gasteiger partial charge in [-0.05, 0) is 35.7 Å². The molecule has 0 aliphatic carbocycles. The molecule has 0 bridgehead atoms. The maximum Gasteiger partial charge on any atom is 0.250 e. The molecule has 2 heterocycles. The Kier molecular flexibility index (Phi) is 4.42. The zero-order valence-electron chi connectivity index (χ0n) is 12.1. The van der Waals surface area contributed by atoms with Crippen LogP contribution in [0.2, 0.25) is 0 Å². The molecule has 3 rings (SSSR count). The monoisotopic (exact) mass is 351 g/mol. The number of nitrogens with zero attached hydrogens (tertiary/aromatic N) is 2. The van der Waals surface area contributed by atoms with Crippen molar-refractivity contribution < 1.29 is 17.7 Å². The summed E-state index contributed by atoms with van der Waals surface area (Å²) in [6, 6.07) is 10.4. The summed E-state index contributed by atoms with van der Waals surface area (Å²) in [5, 5.41) is 5.54. The molecule has 120 valence electrons. The van der Waals surface area contributed by atoms with E-state index in [4.69, 9.17) is 9.26 Å². The summed E-state index contributed by atoms with van der Waals surface area (Å²) < 4.78 is 36.8. The second kappa shape index (κ2) is 6.49. The lowest BCUT2D eigenvalue weighted by Gasteiger charge is -2.00. The lowest BCUT2D eigenvalue weighted by Crippen LogP contribution is -2.22. The number of ether oxygens (including phenoxy) is 1. The van der Waals surface area contributed by atoms with Crippen molar-refractivity contribution >= 4 is 21.4 Å². The predicted molar refractivity (Wildman–Crippen MR) is 84.6 cm³/mol. The summed E-state index contributed by atoms with van der Waals surface area (Å²) in [4.78, 5) is 4.18. The fourth-order valence-electron chi connectivity index (χ4n) is 1.83. The van der Waals surface area contributed by atoms with Gasteiger partial charge in [0.05, 0.1) is 13.7 Å². The Balaban J connectivity index is 1.70. The standard InChI is InChI=1S/C14H13N3O4S2/c1-20-11-6-4-10(5-7-11)14-16-12(21-17-14)9-15-23(18,19)13-3-2-8-22-13/h2-8,15H,9H2,1H3. The number of nitrogens with one attached hydrogen (secondary N) is 1. The first-order chi connectivity index (χ1) is 11.1. The average Bonchev–Trinajstić information content (AvgIpc) is 3.25. The molecular weight excluding hydrogens is 338 g/mol. The van der Waals surface area contributed by atoms with Crippen LogP contribution in [0.25, 0.3) is 11.4 Å². The zero-order valence-corrected chi connectivity index (χ0v) is 13.7. The SMILES string of the molecule is COc1ccc(-c2noc(CNS(=O)(=O)c3cccs3)n2)cc1. The van der Waals surface area contributed by atoms with Crippen LogP contribution >= 0.6 is 11.3 Å². The predicted octanol–water partition coefficient (Wildman–Crippen LogP) is 2.29. The Hall–Kier alpha value is -2.23. The van der Waals surface area contributed by atoms with Gasteiger partial charge in [-0.3, -0.25) is 0 Å². The van der Waals surface area contributed by atoms with E-state index in [1.807, 2.05) is 0 Å². The fourth-order valence-corrected chi connectivity index (χ4v) is 3.84. The molecule has 0 amide bonds. The first-order valence-electron chi connectivity index (χ1n) is 6.59. The van der Waals surface area contributed by atoms with E-state index in [1.165, 1.54) is 6.07 Å². The largest absolute Gasteiger partial charge is 0.497 e. The maximum absolute atomic E-state index is 12.0. The summed E-state index contributed by atoms with van der Waals surface area (Å²) >= 11 is 1.14. The average molecular weight is 351 g/mol. The smallest absolute Gasteiger partial charge is 0.250 e. The third-order valence-corrected chi connectivity index (χ3v) is 5.79. The van der Waals surface area contributed by atoms with Crippen molar-refractivity contribution in [3.8, 4) is 17.1 Å². The Morgan fingerprint density at radius 2 is 2.04 bits per heavy atom. The minimum Gasteiger partial charge on any atom is -0.497 e. The topological polar surface area (TPSA) is 94.3 Å². The van der Waals surface area contributed by atoms with Gasteiger partial charge in [-0.2, -0.15) is 4.98 Å². The maximum atomic E-state index is 12.0. The molecule has 0 unspecified atom stereocenters. The third kappa shape index (κ3) is 3.58. The molecule has 9 heteroatoms. The van der Waals surface area contributed by atoms with E-state index in [-0.39, 0.29) is 16.6 Å². The highest BCUT2D eigenvalue weighted by Crippen LogP contribution is 2.20. The van der Waals surface area contributed by atoms with E-state index in [0.717, 1.165) is 22.6 Å². The lowest BCUT2D eigenvalue weighted by molar-refractivity contribution is 0.376. The van der Waals surface area contributed by atoms with Crippen LogP contribution in [0.15, 0.2) is 50.5 Å². The van der Waals surface area contributed by atoms with Crippen LogP contribution in [-0.4, -0.2) is 25.7 Å². The minimum atomic E-state index is -3.56. The first kappa shape index (κ1) is 15.7. The first-order valence-corrected chi connectivity index (χ1v) is 8.95. The Morgan fingerprint density at radius 1 is 1.26 bits per heavy atom. The van der Waals surface area contributed by atoms with Crippen molar-refractivity contribution in [3.63, 3.8) is 0 Å². The number of rotatable bonds is 6. The molecule has 0 saturated heterocycles. The number of aromatic nitrogens is 2. The number of thiophene rings is 1. The van der Waals surface area contributed by atoms with E-state index < -0.39 is 10.0 Å². The molecule has 0 aliphatic heterocycles. The van der Waals surface area contributed by atoms with Crippen molar-refractivity contribution in [2.24, 2.45) is 0 Å². The van der Waals surface area contributed by atoms with Gasteiger partial charge in [0, 0.05) is 5.56 Å². The van der Waals surface area contributed by atoms with Crippen LogP contribution in [-0.2, 0) is 16.6 Å². The van der Waals surface area contributed by atoms with Crippen LogP contribution < -0.4 is 9.46 Å². The second-order valence-electron chi connectivity index (χ2n) is 4.50. The van der Waals surface area contributed by atoms with Crippen LogP contribution in [0.1, 0.15) is 5.89 Å². The molecule has 23 heavy (non-hydrogen) atoms. The van der Waals surface area contributed by atoms with Crippen molar-refractivity contribution in [2.45, 2.75) is 10.8 Å². The van der Waals surface area contributed by atoms with Crippen molar-refractivity contribution in [3.05, 3.63) is 47.7 Å². The van der Waals surface area contributed by atoms with E-state index in [9.17, 15) is 8.42 Å².